The van der Waals surface area contributed by atoms with E-state index in [1.807, 2.05) is 29.8 Å². The monoisotopic (exact) mass is 247 g/mol. The summed E-state index contributed by atoms with van der Waals surface area (Å²) >= 11 is 0. The number of nitrogens with two attached hydrogens (primary N) is 1. The maximum Gasteiger partial charge on any atom is 0.121 e. The lowest BCUT2D eigenvalue weighted by Crippen LogP contribution is -2.23. The number of aliphatic hydroxyl groups is 1. The van der Waals surface area contributed by atoms with E-state index in [0.717, 1.165) is 5.82 Å². The molecule has 0 saturated heterocycles. The van der Waals surface area contributed by atoms with Crippen molar-refractivity contribution in [2.45, 2.75) is 19.6 Å². The maximum absolute atomic E-state index is 9.87. The predicted molar refractivity (Wildman–Crippen MR) is 69.3 cm³/mol. The van der Waals surface area contributed by atoms with Gasteiger partial charge in [0.1, 0.15) is 24.3 Å². The number of ether oxygens (including phenoxy) is 1. The first-order valence-electron chi connectivity index (χ1n) is 5.79. The van der Waals surface area contributed by atoms with E-state index >= 15 is 0 Å². The molecular formula is C13H17N3O2. The van der Waals surface area contributed by atoms with Crippen molar-refractivity contribution >= 4 is 5.69 Å². The fourth-order valence-corrected chi connectivity index (χ4v) is 1.67. The number of aryl methyl sites for hydroxylation is 1. The molecule has 1 aromatic carbocycles. The van der Waals surface area contributed by atoms with Crippen LogP contribution in [-0.2, 0) is 6.54 Å². The van der Waals surface area contributed by atoms with Crippen molar-refractivity contribution in [3.05, 3.63) is 42.5 Å². The third-order valence-electron chi connectivity index (χ3n) is 2.63. The zero-order valence-electron chi connectivity index (χ0n) is 10.3. The normalized spacial score (nSPS) is 12.3. The van der Waals surface area contributed by atoms with Crippen LogP contribution >= 0.6 is 0 Å². The zero-order valence-corrected chi connectivity index (χ0v) is 10.3. The van der Waals surface area contributed by atoms with Crippen LogP contribution in [0.4, 0.5) is 5.69 Å². The van der Waals surface area contributed by atoms with Crippen LogP contribution < -0.4 is 10.5 Å². The van der Waals surface area contributed by atoms with E-state index in [1.54, 1.807) is 18.3 Å². The molecule has 0 spiro atoms. The number of anilines is 1. The van der Waals surface area contributed by atoms with Crippen molar-refractivity contribution in [3.63, 3.8) is 0 Å². The second kappa shape index (κ2) is 5.55. The zero-order chi connectivity index (χ0) is 13.0. The predicted octanol–water partition coefficient (Wildman–Crippen LogP) is 1.21. The van der Waals surface area contributed by atoms with Crippen molar-refractivity contribution in [2.24, 2.45) is 0 Å². The van der Waals surface area contributed by atoms with E-state index in [1.165, 1.54) is 0 Å². The fourth-order valence-electron chi connectivity index (χ4n) is 1.67. The van der Waals surface area contributed by atoms with E-state index in [9.17, 15) is 5.11 Å². The summed E-state index contributed by atoms with van der Waals surface area (Å²) in [6.45, 7) is 2.58. The Morgan fingerprint density at radius 2 is 2.33 bits per heavy atom. The molecule has 0 aliphatic rings. The highest BCUT2D eigenvalue weighted by Gasteiger charge is 2.08. The second-order valence-corrected chi connectivity index (χ2v) is 4.16. The van der Waals surface area contributed by atoms with Crippen LogP contribution in [0.5, 0.6) is 5.75 Å². The number of rotatable bonds is 5. The molecule has 5 nitrogen and oxygen atoms in total. The van der Waals surface area contributed by atoms with Gasteiger partial charge in [-0.2, -0.15) is 0 Å². The summed E-state index contributed by atoms with van der Waals surface area (Å²) in [5.41, 5.74) is 6.29. The molecule has 2 aromatic rings. The maximum atomic E-state index is 9.87. The van der Waals surface area contributed by atoms with Crippen molar-refractivity contribution in [2.75, 3.05) is 12.3 Å². The summed E-state index contributed by atoms with van der Waals surface area (Å²) in [5, 5.41) is 9.87. The van der Waals surface area contributed by atoms with Gasteiger partial charge in [0, 0.05) is 24.1 Å². The molecule has 3 N–H and O–H groups in total. The van der Waals surface area contributed by atoms with E-state index in [4.69, 9.17) is 10.5 Å². The Hall–Kier alpha value is -2.01. The lowest BCUT2D eigenvalue weighted by Gasteiger charge is -2.14. The first-order chi connectivity index (χ1) is 8.65. The van der Waals surface area contributed by atoms with Crippen LogP contribution in [-0.4, -0.2) is 27.4 Å². The molecule has 0 aliphatic heterocycles. The van der Waals surface area contributed by atoms with Gasteiger partial charge in [-0.3, -0.25) is 0 Å². The summed E-state index contributed by atoms with van der Waals surface area (Å²) < 4.78 is 7.36. The molecule has 5 heteroatoms. The Labute approximate surface area is 106 Å². The molecule has 0 fully saturated rings. The number of aliphatic hydroxyl groups excluding tert-OH is 1. The highest BCUT2D eigenvalue weighted by molar-refractivity contribution is 5.43. The lowest BCUT2D eigenvalue weighted by atomic mass is 10.3. The molecular weight excluding hydrogens is 230 g/mol. The smallest absolute Gasteiger partial charge is 0.121 e. The van der Waals surface area contributed by atoms with E-state index < -0.39 is 6.10 Å². The summed E-state index contributed by atoms with van der Waals surface area (Å²) in [7, 11) is 0. The molecule has 0 saturated carbocycles. The molecule has 1 aromatic heterocycles. The molecule has 1 atom stereocenters. The molecule has 0 amide bonds. The number of hydrogen-bond acceptors (Lipinski definition) is 4. The van der Waals surface area contributed by atoms with Crippen LogP contribution in [0.2, 0.25) is 0 Å². The van der Waals surface area contributed by atoms with Gasteiger partial charge in [0.25, 0.3) is 0 Å². The number of hydrogen-bond donors (Lipinski definition) is 2. The third-order valence-corrected chi connectivity index (χ3v) is 2.63. The van der Waals surface area contributed by atoms with Crippen LogP contribution in [0.3, 0.4) is 0 Å². The molecule has 0 radical (unpaired) electrons. The van der Waals surface area contributed by atoms with Gasteiger partial charge in [-0.15, -0.1) is 0 Å². The third kappa shape index (κ3) is 3.24. The topological polar surface area (TPSA) is 73.3 Å². The Morgan fingerprint density at radius 3 is 3.00 bits per heavy atom. The summed E-state index contributed by atoms with van der Waals surface area (Å²) in [5.74, 6) is 1.54. The molecule has 1 unspecified atom stereocenters. The summed E-state index contributed by atoms with van der Waals surface area (Å²) in [4.78, 5) is 4.09. The minimum atomic E-state index is -0.584. The number of benzene rings is 1. The van der Waals surface area contributed by atoms with Gasteiger partial charge in [-0.05, 0) is 19.1 Å². The lowest BCUT2D eigenvalue weighted by molar-refractivity contribution is 0.0920. The van der Waals surface area contributed by atoms with Crippen LogP contribution in [0.25, 0.3) is 0 Å². The van der Waals surface area contributed by atoms with Gasteiger partial charge >= 0.3 is 0 Å². The van der Waals surface area contributed by atoms with Crippen molar-refractivity contribution < 1.29 is 9.84 Å². The van der Waals surface area contributed by atoms with Crippen LogP contribution in [0.1, 0.15) is 5.82 Å². The van der Waals surface area contributed by atoms with E-state index in [0.29, 0.717) is 18.0 Å². The highest BCUT2D eigenvalue weighted by Crippen LogP contribution is 2.14. The Kier molecular flexibility index (Phi) is 3.84. The first-order valence-corrected chi connectivity index (χ1v) is 5.79. The van der Waals surface area contributed by atoms with Gasteiger partial charge in [0.2, 0.25) is 0 Å². The Balaban J connectivity index is 1.85. The van der Waals surface area contributed by atoms with Gasteiger partial charge in [0.05, 0.1) is 6.54 Å². The minimum Gasteiger partial charge on any atom is -0.491 e. The van der Waals surface area contributed by atoms with Gasteiger partial charge < -0.3 is 20.1 Å². The SMILES string of the molecule is Cc1nccn1CC(O)COc1cccc(N)c1. The summed E-state index contributed by atoms with van der Waals surface area (Å²) in [6, 6.07) is 7.15. The average molecular weight is 247 g/mol. The molecule has 2 rings (SSSR count). The minimum absolute atomic E-state index is 0.223. The van der Waals surface area contributed by atoms with Gasteiger partial charge in [-0.25, -0.2) is 4.98 Å². The Morgan fingerprint density at radius 1 is 1.50 bits per heavy atom. The second-order valence-electron chi connectivity index (χ2n) is 4.16. The quantitative estimate of drug-likeness (QED) is 0.779. The average Bonchev–Trinajstić information content (AvgIpc) is 2.73. The van der Waals surface area contributed by atoms with Crippen molar-refractivity contribution in [1.29, 1.82) is 0 Å². The van der Waals surface area contributed by atoms with E-state index in [-0.39, 0.29) is 6.61 Å². The number of nitrogen functional groups attached to an aromatic ring is 1. The highest BCUT2D eigenvalue weighted by atomic mass is 16.5. The van der Waals surface area contributed by atoms with Crippen molar-refractivity contribution in [1.82, 2.24) is 9.55 Å². The Bertz CT molecular complexity index is 510. The fraction of sp³-hybridized carbons (Fsp3) is 0.308. The summed E-state index contributed by atoms with van der Waals surface area (Å²) in [6.07, 6.45) is 2.96. The number of aromatic nitrogens is 2. The number of imidazole rings is 1. The van der Waals surface area contributed by atoms with E-state index in [2.05, 4.69) is 4.98 Å². The van der Waals surface area contributed by atoms with Crippen molar-refractivity contribution in [3.8, 4) is 5.75 Å². The van der Waals surface area contributed by atoms with Gasteiger partial charge in [-0.1, -0.05) is 6.07 Å². The molecule has 0 bridgehead atoms. The molecule has 0 aliphatic carbocycles. The standard InChI is InChI=1S/C13H17N3O2/c1-10-15-5-6-16(10)8-12(17)9-18-13-4-2-3-11(14)7-13/h2-7,12,17H,8-9,14H2,1H3. The number of nitrogens with zero attached hydrogens (tertiary/aromatic N) is 2. The van der Waals surface area contributed by atoms with Crippen LogP contribution in [0.15, 0.2) is 36.7 Å². The molecule has 96 valence electrons. The van der Waals surface area contributed by atoms with Crippen LogP contribution in [0, 0.1) is 6.92 Å². The molecule has 1 heterocycles. The molecule has 18 heavy (non-hydrogen) atoms. The largest absolute Gasteiger partial charge is 0.491 e. The van der Waals surface area contributed by atoms with Gasteiger partial charge in [0.15, 0.2) is 0 Å². The first kappa shape index (κ1) is 12.4.